The van der Waals surface area contributed by atoms with Crippen LogP contribution >= 0.6 is 11.6 Å². The van der Waals surface area contributed by atoms with Crippen LogP contribution in [0.5, 0.6) is 5.75 Å². The van der Waals surface area contributed by atoms with Crippen molar-refractivity contribution in [3.63, 3.8) is 0 Å². The second-order valence-electron chi connectivity index (χ2n) is 9.57. The number of rotatable bonds is 7. The van der Waals surface area contributed by atoms with Gasteiger partial charge in [0.05, 0.1) is 21.7 Å². The highest BCUT2D eigenvalue weighted by Gasteiger charge is 2.27. The number of hydrogen-bond acceptors (Lipinski definition) is 5. The van der Waals surface area contributed by atoms with Crippen LogP contribution < -0.4 is 4.74 Å². The minimum absolute atomic E-state index is 0.0141. The van der Waals surface area contributed by atoms with Gasteiger partial charge in [-0.25, -0.2) is 4.98 Å². The van der Waals surface area contributed by atoms with Crippen LogP contribution in [0.3, 0.4) is 0 Å². The van der Waals surface area contributed by atoms with Crippen molar-refractivity contribution in [1.29, 1.82) is 0 Å². The van der Waals surface area contributed by atoms with Crippen LogP contribution in [-0.4, -0.2) is 37.0 Å². The number of ether oxygens (including phenoxy) is 1. The van der Waals surface area contributed by atoms with E-state index in [1.165, 1.54) is 6.07 Å². The van der Waals surface area contributed by atoms with Gasteiger partial charge < -0.3 is 13.8 Å². The highest BCUT2D eigenvalue weighted by Crippen LogP contribution is 2.36. The van der Waals surface area contributed by atoms with Gasteiger partial charge in [0.1, 0.15) is 17.3 Å². The molecule has 0 spiro atoms. The molecule has 5 rings (SSSR count). The van der Waals surface area contributed by atoms with E-state index in [1.807, 2.05) is 13.8 Å². The highest BCUT2D eigenvalue weighted by molar-refractivity contribution is 7.85. The molecule has 2 aromatic heterocycles. The van der Waals surface area contributed by atoms with Gasteiger partial charge in [0.2, 0.25) is 0 Å². The molecule has 0 bridgehead atoms. The van der Waals surface area contributed by atoms with E-state index in [1.54, 1.807) is 12.1 Å². The predicted octanol–water partition coefficient (Wildman–Crippen LogP) is 6.99. The summed E-state index contributed by atoms with van der Waals surface area (Å²) in [6, 6.07) is 11.3. The number of aryl methyl sites for hydroxylation is 2. The van der Waals surface area contributed by atoms with Gasteiger partial charge in [-0.3, -0.25) is 4.21 Å². The average molecular weight is 548 g/mol. The molecule has 1 atom stereocenters. The second kappa shape index (κ2) is 10.5. The van der Waals surface area contributed by atoms with E-state index in [0.29, 0.717) is 17.9 Å². The lowest BCUT2D eigenvalue weighted by Crippen LogP contribution is -2.24. The summed E-state index contributed by atoms with van der Waals surface area (Å²) in [7, 11) is -0.775. The van der Waals surface area contributed by atoms with Crippen molar-refractivity contribution in [2.45, 2.75) is 58.6 Å². The molecule has 1 unspecified atom stereocenters. The highest BCUT2D eigenvalue weighted by atomic mass is 35.5. The lowest BCUT2D eigenvalue weighted by atomic mass is 9.99. The van der Waals surface area contributed by atoms with E-state index in [9.17, 15) is 13.0 Å². The van der Waals surface area contributed by atoms with Crippen molar-refractivity contribution in [2.24, 2.45) is 0 Å². The molecule has 6 nitrogen and oxygen atoms in total. The minimum Gasteiger partial charge on any atom is -0.433 e. The molecule has 0 saturated carbocycles. The van der Waals surface area contributed by atoms with Gasteiger partial charge in [0.25, 0.3) is 0 Å². The summed E-state index contributed by atoms with van der Waals surface area (Å²) in [5.41, 5.74) is 5.62. The van der Waals surface area contributed by atoms with Crippen molar-refractivity contribution in [3.05, 3.63) is 64.3 Å². The number of nitrogens with zero attached hydrogens (tertiary/aromatic N) is 3. The van der Waals surface area contributed by atoms with E-state index in [0.717, 1.165) is 57.8 Å². The van der Waals surface area contributed by atoms with Crippen molar-refractivity contribution in [1.82, 2.24) is 14.7 Å². The summed E-state index contributed by atoms with van der Waals surface area (Å²) in [6.07, 6.45) is 2.27. The van der Waals surface area contributed by atoms with Crippen molar-refractivity contribution in [2.75, 3.05) is 11.5 Å². The van der Waals surface area contributed by atoms with E-state index in [-0.39, 0.29) is 22.7 Å². The Balaban J connectivity index is 1.53. The average Bonchev–Trinajstić information content (AvgIpc) is 3.40. The van der Waals surface area contributed by atoms with E-state index < -0.39 is 17.4 Å². The number of aromatic nitrogens is 3. The molecule has 1 fully saturated rings. The third-order valence-electron chi connectivity index (χ3n) is 6.96. The zero-order valence-electron chi connectivity index (χ0n) is 20.8. The fourth-order valence-corrected chi connectivity index (χ4v) is 6.77. The first-order chi connectivity index (χ1) is 17.7. The molecule has 196 valence electrons. The normalized spacial score (nSPS) is 19.0. The Kier molecular flexibility index (Phi) is 7.36. The van der Waals surface area contributed by atoms with Crippen molar-refractivity contribution in [3.8, 4) is 16.9 Å². The van der Waals surface area contributed by atoms with E-state index in [2.05, 4.69) is 39.6 Å². The molecule has 1 aliphatic rings. The molecule has 2 aromatic carbocycles. The van der Waals surface area contributed by atoms with Gasteiger partial charge in [0.15, 0.2) is 0 Å². The fourth-order valence-electron chi connectivity index (χ4n) is 5.25. The number of alkyl halides is 2. The SMILES string of the molecule is Cc1noc(C)c1-c1ccc2c(c1)nc(C(C)Cc1ccc(OC(F)F)c(Cl)c1)n2C1CCS(=O)CC1. The molecule has 1 aliphatic heterocycles. The topological polar surface area (TPSA) is 70.2 Å². The van der Waals surface area contributed by atoms with Crippen molar-refractivity contribution < 1.29 is 22.2 Å². The maximum Gasteiger partial charge on any atom is 0.387 e. The molecule has 0 amide bonds. The number of benzene rings is 2. The van der Waals surface area contributed by atoms with E-state index in [4.69, 9.17) is 21.1 Å². The van der Waals surface area contributed by atoms with Gasteiger partial charge in [-0.15, -0.1) is 0 Å². The number of halogens is 3. The summed E-state index contributed by atoms with van der Waals surface area (Å²) in [5, 5.41) is 4.24. The molecule has 0 N–H and O–H groups in total. The smallest absolute Gasteiger partial charge is 0.387 e. The molecular formula is C27H28ClF2N3O3S. The molecule has 0 radical (unpaired) electrons. The Morgan fingerprint density at radius 3 is 2.59 bits per heavy atom. The zero-order chi connectivity index (χ0) is 26.3. The van der Waals surface area contributed by atoms with Gasteiger partial charge in [-0.05, 0) is 68.5 Å². The van der Waals surface area contributed by atoms with Crippen LogP contribution in [0.15, 0.2) is 40.9 Å². The lowest BCUT2D eigenvalue weighted by molar-refractivity contribution is -0.0497. The number of imidazole rings is 1. The number of fused-ring (bicyclic) bond motifs is 1. The standard InChI is InChI=1S/C27H28ClF2N3O3S/c1-15(12-18-4-7-24(21(28)13-18)35-27(29)30)26-31-22-14-19(25-16(2)32-36-17(25)3)5-6-23(22)33(26)20-8-10-37(34)11-9-20/h4-7,13-15,20,27H,8-12H2,1-3H3. The van der Waals surface area contributed by atoms with Crippen LogP contribution in [0.25, 0.3) is 22.2 Å². The zero-order valence-corrected chi connectivity index (χ0v) is 22.4. The molecule has 3 heterocycles. The van der Waals surface area contributed by atoms with Gasteiger partial charge >= 0.3 is 6.61 Å². The summed E-state index contributed by atoms with van der Waals surface area (Å²) in [4.78, 5) is 5.09. The van der Waals surface area contributed by atoms with Crippen molar-refractivity contribution >= 4 is 33.4 Å². The third-order valence-corrected chi connectivity index (χ3v) is 8.63. The monoisotopic (exact) mass is 547 g/mol. The lowest BCUT2D eigenvalue weighted by Gasteiger charge is -2.27. The first-order valence-electron chi connectivity index (χ1n) is 12.2. The predicted molar refractivity (Wildman–Crippen MR) is 141 cm³/mol. The molecule has 10 heteroatoms. The minimum atomic E-state index is -2.93. The maximum absolute atomic E-state index is 12.6. The molecule has 1 saturated heterocycles. The molecule has 0 aliphatic carbocycles. The fraction of sp³-hybridized carbons (Fsp3) is 0.407. The quantitative estimate of drug-likeness (QED) is 0.249. The largest absolute Gasteiger partial charge is 0.433 e. The second-order valence-corrected chi connectivity index (χ2v) is 11.7. The summed E-state index contributed by atoms with van der Waals surface area (Å²) < 4.78 is 49.5. The Hall–Kier alpha value is -2.78. The Morgan fingerprint density at radius 2 is 1.95 bits per heavy atom. The third kappa shape index (κ3) is 5.29. The summed E-state index contributed by atoms with van der Waals surface area (Å²) in [6.45, 7) is 3.00. The number of hydrogen-bond donors (Lipinski definition) is 0. The van der Waals surface area contributed by atoms with Crippen LogP contribution in [0.1, 0.15) is 54.6 Å². The molecule has 37 heavy (non-hydrogen) atoms. The van der Waals surface area contributed by atoms with Crippen LogP contribution in [0, 0.1) is 13.8 Å². The van der Waals surface area contributed by atoms with Crippen LogP contribution in [-0.2, 0) is 17.2 Å². The molecule has 4 aromatic rings. The Labute approximate surface area is 221 Å². The van der Waals surface area contributed by atoms with Crippen LogP contribution in [0.2, 0.25) is 5.02 Å². The first-order valence-corrected chi connectivity index (χ1v) is 14.1. The Morgan fingerprint density at radius 1 is 1.19 bits per heavy atom. The van der Waals surface area contributed by atoms with Gasteiger partial charge in [0, 0.05) is 39.8 Å². The summed E-state index contributed by atoms with van der Waals surface area (Å²) in [5.74, 6) is 3.03. The van der Waals surface area contributed by atoms with E-state index >= 15 is 0 Å². The maximum atomic E-state index is 12.6. The van der Waals surface area contributed by atoms with Gasteiger partial charge in [-0.1, -0.05) is 35.8 Å². The van der Waals surface area contributed by atoms with Gasteiger partial charge in [-0.2, -0.15) is 8.78 Å². The Bertz CT molecular complexity index is 1440. The van der Waals surface area contributed by atoms with Crippen LogP contribution in [0.4, 0.5) is 8.78 Å². The first kappa shape index (κ1) is 25.9. The summed E-state index contributed by atoms with van der Waals surface area (Å²) >= 11 is 6.20. The molecular weight excluding hydrogens is 520 g/mol.